The van der Waals surface area contributed by atoms with Crippen LogP contribution in [-0.2, 0) is 16.0 Å². The maximum atomic E-state index is 12.8. The number of hydrogen-bond donors (Lipinski definition) is 1. The highest BCUT2D eigenvalue weighted by Gasteiger charge is 2.33. The van der Waals surface area contributed by atoms with Gasteiger partial charge in [-0.05, 0) is 37.5 Å². The number of hydrogen-bond acceptors (Lipinski definition) is 3. The van der Waals surface area contributed by atoms with Crippen LogP contribution in [0.25, 0.3) is 0 Å². The minimum atomic E-state index is -4.40. The number of aryl methyl sites for hydroxylation is 1. The lowest BCUT2D eigenvalue weighted by Crippen LogP contribution is -2.34. The molecule has 112 valence electrons. The molecule has 2 rings (SSSR count). The van der Waals surface area contributed by atoms with Gasteiger partial charge in [-0.15, -0.1) is 0 Å². The second-order valence-corrected chi connectivity index (χ2v) is 7.35. The van der Waals surface area contributed by atoms with E-state index < -0.39 is 21.6 Å². The Kier molecular flexibility index (Phi) is 4.00. The average Bonchev–Trinajstić information content (AvgIpc) is 2.29. The third-order valence-corrected chi connectivity index (χ3v) is 5.20. The number of halogens is 3. The summed E-state index contributed by atoms with van der Waals surface area (Å²) in [5, 5.41) is 2.90. The Bertz CT molecular complexity index is 596. The molecule has 1 saturated heterocycles. The molecule has 1 aliphatic heterocycles. The van der Waals surface area contributed by atoms with Crippen molar-refractivity contribution in [1.82, 2.24) is 0 Å². The topological polar surface area (TPSA) is 46.2 Å². The van der Waals surface area contributed by atoms with E-state index in [1.165, 1.54) is 13.0 Å². The molecule has 0 aromatic heterocycles. The lowest BCUT2D eigenvalue weighted by Gasteiger charge is -2.24. The van der Waals surface area contributed by atoms with E-state index >= 15 is 0 Å². The average molecular weight is 307 g/mol. The fourth-order valence-corrected chi connectivity index (χ4v) is 4.03. The van der Waals surface area contributed by atoms with Crippen LogP contribution in [0.1, 0.15) is 24.0 Å². The normalized spacial score (nSPS) is 22.5. The van der Waals surface area contributed by atoms with Gasteiger partial charge in [-0.25, -0.2) is 8.42 Å². The maximum absolute atomic E-state index is 12.8. The summed E-state index contributed by atoms with van der Waals surface area (Å²) < 4.78 is 61.4. The molecule has 1 atom stereocenters. The van der Waals surface area contributed by atoms with Crippen molar-refractivity contribution >= 4 is 15.5 Å². The first-order valence-electron chi connectivity index (χ1n) is 6.32. The minimum Gasteiger partial charge on any atom is -0.381 e. The summed E-state index contributed by atoms with van der Waals surface area (Å²) in [5.74, 6) is 0.134. The molecular formula is C13H16F3NO2S. The van der Waals surface area contributed by atoms with E-state index in [0.717, 1.165) is 6.07 Å². The van der Waals surface area contributed by atoms with Crippen molar-refractivity contribution in [2.75, 3.05) is 16.8 Å². The summed E-state index contributed by atoms with van der Waals surface area (Å²) in [6.45, 7) is 1.40. The second-order valence-electron chi connectivity index (χ2n) is 5.13. The molecular weight excluding hydrogens is 291 g/mol. The minimum absolute atomic E-state index is 0.0256. The predicted octanol–water partition coefficient (Wildman–Crippen LogP) is 3.00. The quantitative estimate of drug-likeness (QED) is 0.913. The Morgan fingerprint density at radius 3 is 2.60 bits per heavy atom. The van der Waals surface area contributed by atoms with Gasteiger partial charge in [0.25, 0.3) is 0 Å². The summed E-state index contributed by atoms with van der Waals surface area (Å²) in [4.78, 5) is 0. The Labute approximate surface area is 116 Å². The van der Waals surface area contributed by atoms with Gasteiger partial charge >= 0.3 is 6.18 Å². The summed E-state index contributed by atoms with van der Waals surface area (Å²) in [7, 11) is -3.08. The van der Waals surface area contributed by atoms with E-state index in [1.807, 2.05) is 0 Å². The van der Waals surface area contributed by atoms with E-state index in [4.69, 9.17) is 0 Å². The van der Waals surface area contributed by atoms with Gasteiger partial charge in [0.15, 0.2) is 9.84 Å². The monoisotopic (exact) mass is 307 g/mol. The summed E-state index contributed by atoms with van der Waals surface area (Å²) in [6, 6.07) is 3.66. The lowest BCUT2D eigenvalue weighted by atomic mass is 10.1. The number of alkyl halides is 3. The highest BCUT2D eigenvalue weighted by Crippen LogP contribution is 2.33. The summed E-state index contributed by atoms with van der Waals surface area (Å²) in [5.41, 5.74) is -0.231. The highest BCUT2D eigenvalue weighted by atomic mass is 32.2. The van der Waals surface area contributed by atoms with Gasteiger partial charge in [-0.1, -0.05) is 6.07 Å². The number of anilines is 1. The molecule has 0 radical (unpaired) electrons. The van der Waals surface area contributed by atoms with Crippen LogP contribution in [0.4, 0.5) is 18.9 Å². The van der Waals surface area contributed by atoms with Crippen LogP contribution in [0.15, 0.2) is 18.2 Å². The zero-order valence-electron chi connectivity index (χ0n) is 11.0. The van der Waals surface area contributed by atoms with Gasteiger partial charge in [-0.2, -0.15) is 13.2 Å². The molecule has 0 aliphatic carbocycles. The molecule has 1 unspecified atom stereocenters. The Morgan fingerprint density at radius 1 is 1.30 bits per heavy atom. The largest absolute Gasteiger partial charge is 0.416 e. The number of rotatable bonds is 2. The summed E-state index contributed by atoms with van der Waals surface area (Å²) >= 11 is 0. The lowest BCUT2D eigenvalue weighted by molar-refractivity contribution is -0.138. The van der Waals surface area contributed by atoms with E-state index in [1.54, 1.807) is 6.07 Å². The zero-order valence-corrected chi connectivity index (χ0v) is 11.8. The van der Waals surface area contributed by atoms with Gasteiger partial charge in [0.05, 0.1) is 17.1 Å². The van der Waals surface area contributed by atoms with Crippen LogP contribution in [0.2, 0.25) is 0 Å². The first-order chi connectivity index (χ1) is 9.17. The maximum Gasteiger partial charge on any atom is 0.416 e. The van der Waals surface area contributed by atoms with Crippen LogP contribution in [-0.4, -0.2) is 26.0 Å². The van der Waals surface area contributed by atoms with Crippen molar-refractivity contribution < 1.29 is 21.6 Å². The molecule has 1 aromatic rings. The fourth-order valence-electron chi connectivity index (χ4n) is 2.39. The Morgan fingerprint density at radius 2 is 2.00 bits per heavy atom. The highest BCUT2D eigenvalue weighted by molar-refractivity contribution is 7.91. The van der Waals surface area contributed by atoms with E-state index in [9.17, 15) is 21.6 Å². The van der Waals surface area contributed by atoms with Gasteiger partial charge < -0.3 is 5.32 Å². The second kappa shape index (κ2) is 5.27. The molecule has 0 amide bonds. The standard InChI is InChI=1S/C13H16F3NO2S/c1-9-4-5-10(7-12(9)13(14,15)16)17-11-3-2-6-20(18,19)8-11/h4-5,7,11,17H,2-3,6,8H2,1H3. The molecule has 1 aromatic carbocycles. The molecule has 0 saturated carbocycles. The molecule has 0 bridgehead atoms. The molecule has 1 N–H and O–H groups in total. The summed E-state index contributed by atoms with van der Waals surface area (Å²) in [6.07, 6.45) is -3.22. The van der Waals surface area contributed by atoms with Crippen molar-refractivity contribution in [3.63, 3.8) is 0 Å². The van der Waals surface area contributed by atoms with Crippen molar-refractivity contribution in [2.45, 2.75) is 32.0 Å². The van der Waals surface area contributed by atoms with Crippen molar-refractivity contribution in [3.05, 3.63) is 29.3 Å². The number of benzene rings is 1. The van der Waals surface area contributed by atoms with Crippen LogP contribution in [0.5, 0.6) is 0 Å². The van der Waals surface area contributed by atoms with Crippen LogP contribution in [0, 0.1) is 6.92 Å². The zero-order chi connectivity index (χ0) is 15.0. The Balaban J connectivity index is 2.18. The third-order valence-electron chi connectivity index (χ3n) is 3.38. The van der Waals surface area contributed by atoms with Gasteiger partial charge in [0.1, 0.15) is 0 Å². The van der Waals surface area contributed by atoms with E-state index in [0.29, 0.717) is 18.5 Å². The van der Waals surface area contributed by atoms with Crippen LogP contribution >= 0.6 is 0 Å². The first-order valence-corrected chi connectivity index (χ1v) is 8.14. The van der Waals surface area contributed by atoms with E-state index in [-0.39, 0.29) is 23.1 Å². The molecule has 1 heterocycles. The smallest absolute Gasteiger partial charge is 0.381 e. The predicted molar refractivity (Wildman–Crippen MR) is 71.5 cm³/mol. The van der Waals surface area contributed by atoms with Crippen molar-refractivity contribution in [1.29, 1.82) is 0 Å². The molecule has 20 heavy (non-hydrogen) atoms. The first kappa shape index (κ1) is 15.2. The van der Waals surface area contributed by atoms with Gasteiger partial charge in [0.2, 0.25) is 0 Å². The Hall–Kier alpha value is -1.24. The van der Waals surface area contributed by atoms with Gasteiger partial charge in [0, 0.05) is 11.7 Å². The number of nitrogens with one attached hydrogen (secondary N) is 1. The van der Waals surface area contributed by atoms with Gasteiger partial charge in [-0.3, -0.25) is 0 Å². The molecule has 0 spiro atoms. The SMILES string of the molecule is Cc1ccc(NC2CCCS(=O)(=O)C2)cc1C(F)(F)F. The molecule has 1 aliphatic rings. The van der Waals surface area contributed by atoms with Crippen molar-refractivity contribution in [2.24, 2.45) is 0 Å². The number of sulfone groups is 1. The third kappa shape index (κ3) is 3.65. The van der Waals surface area contributed by atoms with E-state index in [2.05, 4.69) is 5.32 Å². The van der Waals surface area contributed by atoms with Crippen LogP contribution in [0.3, 0.4) is 0 Å². The van der Waals surface area contributed by atoms with Crippen molar-refractivity contribution in [3.8, 4) is 0 Å². The molecule has 1 fully saturated rings. The molecule has 3 nitrogen and oxygen atoms in total. The van der Waals surface area contributed by atoms with Crippen LogP contribution < -0.4 is 5.32 Å². The fraction of sp³-hybridized carbons (Fsp3) is 0.538. The molecule has 7 heteroatoms.